The lowest BCUT2D eigenvalue weighted by Crippen LogP contribution is -2.25. The van der Waals surface area contributed by atoms with Crippen molar-refractivity contribution in [3.8, 4) is 11.5 Å². The maximum Gasteiger partial charge on any atom is 0.258 e. The predicted molar refractivity (Wildman–Crippen MR) is 98.5 cm³/mol. The Morgan fingerprint density at radius 3 is 2.85 bits per heavy atom. The van der Waals surface area contributed by atoms with Crippen molar-refractivity contribution in [1.82, 2.24) is 14.1 Å². The van der Waals surface area contributed by atoms with Crippen LogP contribution >= 0.6 is 11.3 Å². The molecule has 2 aromatic heterocycles. The van der Waals surface area contributed by atoms with Gasteiger partial charge < -0.3 is 9.47 Å². The second-order valence-electron chi connectivity index (χ2n) is 6.46. The zero-order chi connectivity index (χ0) is 18.5. The highest BCUT2D eigenvalue weighted by Gasteiger charge is 2.27. The number of nitrogens with zero attached hydrogens (tertiary/aromatic N) is 2. The molecule has 7 nitrogen and oxygen atoms in total. The first-order valence-electron chi connectivity index (χ1n) is 8.22. The molecule has 4 rings (SSSR count). The molecule has 0 atom stereocenters. The van der Waals surface area contributed by atoms with Crippen LogP contribution in [0.5, 0.6) is 11.5 Å². The first-order valence-corrected chi connectivity index (χ1v) is 10.5. The Labute approximate surface area is 155 Å². The van der Waals surface area contributed by atoms with Gasteiger partial charge in [-0.3, -0.25) is 4.40 Å². The number of fused-ring (bicyclic) bond motifs is 2. The summed E-state index contributed by atoms with van der Waals surface area (Å²) < 4.78 is 41.0. The molecule has 0 bridgehead atoms. The maximum absolute atomic E-state index is 13.0. The largest absolute Gasteiger partial charge is 0.454 e. The second-order valence-corrected chi connectivity index (χ2v) is 9.36. The van der Waals surface area contributed by atoms with E-state index < -0.39 is 10.0 Å². The monoisotopic (exact) mass is 393 g/mol. The molecule has 0 aliphatic carbocycles. The first-order chi connectivity index (χ1) is 12.3. The van der Waals surface area contributed by atoms with Crippen LogP contribution in [0.1, 0.15) is 35.9 Å². The average molecular weight is 393 g/mol. The molecule has 0 unspecified atom stereocenters. The number of aromatic nitrogens is 2. The standard InChI is InChI=1S/C17H19N3O4S2/c1-10(2)15-16(20-8-11(3)25-17(20)19-15)26(21,22)18-7-12-4-5-13-14(6-12)24-9-23-13/h4-6,8,10,18H,7,9H2,1-3H3. The molecule has 0 radical (unpaired) electrons. The van der Waals surface area contributed by atoms with Crippen molar-refractivity contribution in [2.75, 3.05) is 6.79 Å². The van der Waals surface area contributed by atoms with Crippen molar-refractivity contribution >= 4 is 26.3 Å². The molecule has 0 amide bonds. The third-order valence-electron chi connectivity index (χ3n) is 4.13. The minimum atomic E-state index is -3.73. The minimum absolute atomic E-state index is 0.000440. The summed E-state index contributed by atoms with van der Waals surface area (Å²) in [5, 5.41) is 0.215. The van der Waals surface area contributed by atoms with Gasteiger partial charge in [-0.15, -0.1) is 11.3 Å². The second kappa shape index (κ2) is 6.26. The number of rotatable bonds is 5. The molecule has 0 spiro atoms. The Bertz CT molecular complexity index is 1080. The molecule has 1 aromatic carbocycles. The summed E-state index contributed by atoms with van der Waals surface area (Å²) in [6.07, 6.45) is 1.81. The van der Waals surface area contributed by atoms with Gasteiger partial charge in [0.15, 0.2) is 21.5 Å². The molecule has 1 N–H and O–H groups in total. The molecular weight excluding hydrogens is 374 g/mol. The molecule has 0 saturated heterocycles. The van der Waals surface area contributed by atoms with E-state index in [2.05, 4.69) is 9.71 Å². The Morgan fingerprint density at radius 1 is 1.31 bits per heavy atom. The van der Waals surface area contributed by atoms with Crippen LogP contribution in [0.15, 0.2) is 29.4 Å². The fourth-order valence-corrected chi connectivity index (χ4v) is 5.23. The fourth-order valence-electron chi connectivity index (χ4n) is 2.89. The smallest absolute Gasteiger partial charge is 0.258 e. The van der Waals surface area contributed by atoms with Gasteiger partial charge in [-0.2, -0.15) is 0 Å². The van der Waals surface area contributed by atoms with Crippen LogP contribution in [0.2, 0.25) is 0 Å². The maximum atomic E-state index is 13.0. The van der Waals surface area contributed by atoms with E-state index in [0.717, 1.165) is 10.4 Å². The molecule has 1 aliphatic heterocycles. The number of nitrogens with one attached hydrogen (secondary N) is 1. The van der Waals surface area contributed by atoms with Crippen LogP contribution in [0.25, 0.3) is 4.96 Å². The number of hydrogen-bond acceptors (Lipinski definition) is 6. The predicted octanol–water partition coefficient (Wildman–Crippen LogP) is 3.03. The van der Waals surface area contributed by atoms with Gasteiger partial charge in [0, 0.05) is 17.6 Å². The van der Waals surface area contributed by atoms with Crippen molar-refractivity contribution in [3.63, 3.8) is 0 Å². The third-order valence-corrected chi connectivity index (χ3v) is 6.47. The zero-order valence-electron chi connectivity index (χ0n) is 14.6. The minimum Gasteiger partial charge on any atom is -0.454 e. The van der Waals surface area contributed by atoms with E-state index in [0.29, 0.717) is 22.2 Å². The van der Waals surface area contributed by atoms with E-state index >= 15 is 0 Å². The normalized spacial score (nSPS) is 13.8. The molecule has 26 heavy (non-hydrogen) atoms. The molecule has 0 saturated carbocycles. The van der Waals surface area contributed by atoms with Gasteiger partial charge in [0.2, 0.25) is 6.79 Å². The molecule has 1 aliphatic rings. The van der Waals surface area contributed by atoms with Gasteiger partial charge in [-0.1, -0.05) is 19.9 Å². The van der Waals surface area contributed by atoms with E-state index in [9.17, 15) is 8.42 Å². The lowest BCUT2D eigenvalue weighted by Gasteiger charge is -2.10. The van der Waals surface area contributed by atoms with Gasteiger partial charge in [-0.25, -0.2) is 18.1 Å². The fraction of sp³-hybridized carbons (Fsp3) is 0.353. The lowest BCUT2D eigenvalue weighted by molar-refractivity contribution is 0.174. The topological polar surface area (TPSA) is 81.9 Å². The van der Waals surface area contributed by atoms with Crippen LogP contribution < -0.4 is 14.2 Å². The number of ether oxygens (including phenoxy) is 2. The highest BCUT2D eigenvalue weighted by molar-refractivity contribution is 7.89. The molecule has 3 heterocycles. The van der Waals surface area contributed by atoms with Crippen molar-refractivity contribution in [2.45, 2.75) is 38.3 Å². The van der Waals surface area contributed by atoms with E-state index in [1.54, 1.807) is 16.5 Å². The van der Waals surface area contributed by atoms with Crippen LogP contribution in [-0.4, -0.2) is 24.6 Å². The summed E-state index contributed by atoms with van der Waals surface area (Å²) in [7, 11) is -3.73. The Morgan fingerprint density at radius 2 is 2.08 bits per heavy atom. The average Bonchev–Trinajstić information content (AvgIpc) is 3.25. The SMILES string of the molecule is Cc1cn2c(S(=O)(=O)NCc3ccc4c(c3)OCO4)c(C(C)C)nc2s1. The Kier molecular flexibility index (Phi) is 4.17. The first kappa shape index (κ1) is 17.3. The third kappa shape index (κ3) is 2.95. The van der Waals surface area contributed by atoms with Crippen LogP contribution in [0.4, 0.5) is 0 Å². The number of hydrogen-bond donors (Lipinski definition) is 1. The van der Waals surface area contributed by atoms with E-state index in [-0.39, 0.29) is 24.3 Å². The molecular formula is C17H19N3O4S2. The molecule has 0 fully saturated rings. The lowest BCUT2D eigenvalue weighted by atomic mass is 10.2. The molecule has 3 aromatic rings. The van der Waals surface area contributed by atoms with Gasteiger partial charge in [-0.05, 0) is 30.5 Å². The van der Waals surface area contributed by atoms with Gasteiger partial charge in [0.25, 0.3) is 10.0 Å². The quantitative estimate of drug-likeness (QED) is 0.720. The van der Waals surface area contributed by atoms with Gasteiger partial charge >= 0.3 is 0 Å². The molecule has 138 valence electrons. The van der Waals surface area contributed by atoms with E-state index in [1.807, 2.05) is 33.0 Å². The van der Waals surface area contributed by atoms with E-state index in [1.165, 1.54) is 11.3 Å². The van der Waals surface area contributed by atoms with Crippen molar-refractivity contribution in [2.24, 2.45) is 0 Å². The highest BCUT2D eigenvalue weighted by Crippen LogP contribution is 2.33. The summed E-state index contributed by atoms with van der Waals surface area (Å²) in [5.74, 6) is 1.30. The summed E-state index contributed by atoms with van der Waals surface area (Å²) in [5.41, 5.74) is 1.38. The number of thiazole rings is 1. The molecule has 9 heteroatoms. The number of aryl methyl sites for hydroxylation is 1. The zero-order valence-corrected chi connectivity index (χ0v) is 16.3. The Balaban J connectivity index is 1.66. The summed E-state index contributed by atoms with van der Waals surface area (Å²) in [4.78, 5) is 6.23. The van der Waals surface area contributed by atoms with Crippen LogP contribution in [0, 0.1) is 6.92 Å². The van der Waals surface area contributed by atoms with Gasteiger partial charge in [0.1, 0.15) is 0 Å². The van der Waals surface area contributed by atoms with Crippen molar-refractivity contribution < 1.29 is 17.9 Å². The van der Waals surface area contributed by atoms with Crippen LogP contribution in [0.3, 0.4) is 0 Å². The summed E-state index contributed by atoms with van der Waals surface area (Å²) in [6.45, 7) is 6.16. The highest BCUT2D eigenvalue weighted by atomic mass is 32.2. The number of benzene rings is 1. The van der Waals surface area contributed by atoms with Crippen molar-refractivity contribution in [1.29, 1.82) is 0 Å². The number of sulfonamides is 1. The summed E-state index contributed by atoms with van der Waals surface area (Å²) in [6, 6.07) is 5.39. The van der Waals surface area contributed by atoms with Gasteiger partial charge in [0.05, 0.1) is 5.69 Å². The van der Waals surface area contributed by atoms with E-state index in [4.69, 9.17) is 9.47 Å². The van der Waals surface area contributed by atoms with Crippen molar-refractivity contribution in [3.05, 3.63) is 40.5 Å². The van der Waals surface area contributed by atoms with Crippen LogP contribution in [-0.2, 0) is 16.6 Å². The number of imidazole rings is 1. The summed E-state index contributed by atoms with van der Waals surface area (Å²) >= 11 is 1.48. The Hall–Kier alpha value is -2.10.